The second-order valence-electron chi connectivity index (χ2n) is 9.64. The Morgan fingerprint density at radius 2 is 2.15 bits per heavy atom. The molecule has 2 saturated heterocycles. The van der Waals surface area contributed by atoms with Crippen molar-refractivity contribution in [2.24, 2.45) is 0 Å². The van der Waals surface area contributed by atoms with E-state index in [0.717, 1.165) is 55.7 Å². The standard InChI is InChI=1S/C27H30N6O/c1-17-14-32(24-8-5-18(11-28)27-22(24)4-3-9-30-27)16-25-21-7-6-20(10-19(21)15-33(17)25)31-23-12-29-13-26(23)34-2/h3-6,8-10,17,23,26,29,31H,7,12-16H2,1-2H3/t17-,23-,26+/m1/s1. The number of allylic oxidation sites excluding steroid dienone is 2. The van der Waals surface area contributed by atoms with Gasteiger partial charge in [-0.05, 0) is 54.8 Å². The molecule has 1 aliphatic carbocycles. The first kappa shape index (κ1) is 21.2. The third-order valence-electron chi connectivity index (χ3n) is 7.66. The summed E-state index contributed by atoms with van der Waals surface area (Å²) in [4.78, 5) is 9.55. The molecule has 2 fully saturated rings. The van der Waals surface area contributed by atoms with Crippen molar-refractivity contribution in [1.82, 2.24) is 20.5 Å². The van der Waals surface area contributed by atoms with Crippen LogP contribution < -0.4 is 15.5 Å². The summed E-state index contributed by atoms with van der Waals surface area (Å²) in [6.07, 6.45) is 7.59. The van der Waals surface area contributed by atoms with Gasteiger partial charge < -0.3 is 25.2 Å². The fourth-order valence-electron chi connectivity index (χ4n) is 5.91. The molecular weight excluding hydrogens is 424 g/mol. The molecule has 7 nitrogen and oxygen atoms in total. The molecular formula is C27H30N6O. The zero-order chi connectivity index (χ0) is 23.2. The van der Waals surface area contributed by atoms with Crippen LogP contribution >= 0.6 is 0 Å². The summed E-state index contributed by atoms with van der Waals surface area (Å²) >= 11 is 0. The molecule has 174 valence electrons. The van der Waals surface area contributed by atoms with Gasteiger partial charge in [0.2, 0.25) is 0 Å². The molecule has 4 aliphatic rings. The molecule has 2 N–H and O–H groups in total. The minimum absolute atomic E-state index is 0.208. The Labute approximate surface area is 200 Å². The number of anilines is 1. The molecule has 1 aromatic heterocycles. The maximum Gasteiger partial charge on any atom is 0.101 e. The highest BCUT2D eigenvalue weighted by Crippen LogP contribution is 2.40. The highest BCUT2D eigenvalue weighted by Gasteiger charge is 2.37. The second-order valence-corrected chi connectivity index (χ2v) is 9.64. The molecule has 1 aromatic carbocycles. The Kier molecular flexibility index (Phi) is 5.28. The number of hydrogen-bond donors (Lipinski definition) is 2. The van der Waals surface area contributed by atoms with Gasteiger partial charge in [0.15, 0.2) is 0 Å². The third-order valence-corrected chi connectivity index (χ3v) is 7.66. The molecule has 2 aromatic rings. The summed E-state index contributed by atoms with van der Waals surface area (Å²) in [5.41, 5.74) is 8.11. The summed E-state index contributed by atoms with van der Waals surface area (Å²) in [7, 11) is 1.79. The number of hydrogen-bond acceptors (Lipinski definition) is 7. The number of rotatable bonds is 4. The number of nitrogens with one attached hydrogen (secondary N) is 2. The van der Waals surface area contributed by atoms with Crippen LogP contribution in [0.4, 0.5) is 5.69 Å². The van der Waals surface area contributed by atoms with Gasteiger partial charge in [-0.3, -0.25) is 4.98 Å². The Morgan fingerprint density at radius 1 is 1.24 bits per heavy atom. The minimum Gasteiger partial charge on any atom is -0.379 e. The van der Waals surface area contributed by atoms with Gasteiger partial charge in [0.1, 0.15) is 6.07 Å². The van der Waals surface area contributed by atoms with Gasteiger partial charge in [-0.15, -0.1) is 0 Å². The van der Waals surface area contributed by atoms with E-state index in [1.807, 2.05) is 12.1 Å². The lowest BCUT2D eigenvalue weighted by Crippen LogP contribution is -2.49. The lowest BCUT2D eigenvalue weighted by atomic mass is 9.96. The van der Waals surface area contributed by atoms with Gasteiger partial charge in [-0.2, -0.15) is 5.26 Å². The van der Waals surface area contributed by atoms with E-state index < -0.39 is 0 Å². The molecule has 4 heterocycles. The van der Waals surface area contributed by atoms with Gasteiger partial charge in [0.05, 0.1) is 29.8 Å². The third kappa shape index (κ3) is 3.46. The Balaban J connectivity index is 1.28. The molecule has 34 heavy (non-hydrogen) atoms. The number of piperazine rings is 1. The number of aromatic nitrogens is 1. The van der Waals surface area contributed by atoms with E-state index >= 15 is 0 Å². The number of methoxy groups -OCH3 is 1. The number of nitriles is 1. The second kappa shape index (κ2) is 8.46. The predicted molar refractivity (Wildman–Crippen MR) is 133 cm³/mol. The topological polar surface area (TPSA) is 76.5 Å². The van der Waals surface area contributed by atoms with Crippen molar-refractivity contribution in [1.29, 1.82) is 5.26 Å². The molecule has 3 atom stereocenters. The largest absolute Gasteiger partial charge is 0.379 e. The number of ether oxygens (including phenoxy) is 1. The predicted octanol–water partition coefficient (Wildman–Crippen LogP) is 2.68. The van der Waals surface area contributed by atoms with Gasteiger partial charge in [0.25, 0.3) is 0 Å². The van der Waals surface area contributed by atoms with Crippen molar-refractivity contribution in [2.75, 3.05) is 44.7 Å². The van der Waals surface area contributed by atoms with Crippen LogP contribution in [-0.2, 0) is 4.74 Å². The van der Waals surface area contributed by atoms with E-state index in [4.69, 9.17) is 4.74 Å². The molecule has 6 rings (SSSR count). The van der Waals surface area contributed by atoms with Gasteiger partial charge in [0, 0.05) is 68.0 Å². The van der Waals surface area contributed by atoms with Crippen LogP contribution in [0.25, 0.3) is 10.9 Å². The molecule has 3 aliphatic heterocycles. The molecule has 0 spiro atoms. The van der Waals surface area contributed by atoms with Gasteiger partial charge >= 0.3 is 0 Å². The Bertz CT molecular complexity index is 1270. The van der Waals surface area contributed by atoms with E-state index in [0.29, 0.717) is 17.6 Å². The number of pyridine rings is 1. The normalized spacial score (nSPS) is 26.2. The number of fused-ring (bicyclic) bond motifs is 3. The van der Waals surface area contributed by atoms with Crippen molar-refractivity contribution in [3.05, 3.63) is 70.7 Å². The zero-order valence-corrected chi connectivity index (χ0v) is 19.7. The summed E-state index contributed by atoms with van der Waals surface area (Å²) in [5.74, 6) is 0. The quantitative estimate of drug-likeness (QED) is 0.736. The molecule has 0 amide bonds. The summed E-state index contributed by atoms with van der Waals surface area (Å²) < 4.78 is 5.62. The monoisotopic (exact) mass is 454 g/mol. The van der Waals surface area contributed by atoms with Crippen molar-refractivity contribution >= 4 is 16.6 Å². The van der Waals surface area contributed by atoms with Crippen LogP contribution in [0.1, 0.15) is 18.9 Å². The average Bonchev–Trinajstić information content (AvgIpc) is 3.47. The van der Waals surface area contributed by atoms with Crippen LogP contribution in [0, 0.1) is 11.3 Å². The van der Waals surface area contributed by atoms with Crippen LogP contribution in [0.15, 0.2) is 65.2 Å². The maximum absolute atomic E-state index is 9.53. The Hall–Kier alpha value is -3.34. The highest BCUT2D eigenvalue weighted by atomic mass is 16.5. The van der Waals surface area contributed by atoms with Crippen LogP contribution in [0.5, 0.6) is 0 Å². The zero-order valence-electron chi connectivity index (χ0n) is 19.7. The fraction of sp³-hybridized carbons (Fsp3) is 0.407. The van der Waals surface area contributed by atoms with Gasteiger partial charge in [-0.1, -0.05) is 6.08 Å². The van der Waals surface area contributed by atoms with Crippen LogP contribution in [-0.4, -0.2) is 67.9 Å². The first-order chi connectivity index (χ1) is 16.7. The molecule has 0 bridgehead atoms. The first-order valence-electron chi connectivity index (χ1n) is 12.1. The van der Waals surface area contributed by atoms with Crippen molar-refractivity contribution in [2.45, 2.75) is 31.5 Å². The molecule has 0 unspecified atom stereocenters. The summed E-state index contributed by atoms with van der Waals surface area (Å²) in [5, 5.41) is 17.7. The minimum atomic E-state index is 0.208. The van der Waals surface area contributed by atoms with Crippen molar-refractivity contribution in [3.63, 3.8) is 0 Å². The van der Waals surface area contributed by atoms with Crippen molar-refractivity contribution < 1.29 is 4.74 Å². The highest BCUT2D eigenvalue weighted by molar-refractivity contribution is 5.95. The van der Waals surface area contributed by atoms with E-state index in [1.54, 1.807) is 13.3 Å². The number of nitrogens with zero attached hydrogens (tertiary/aromatic N) is 4. The Morgan fingerprint density at radius 3 is 3.00 bits per heavy atom. The van der Waals surface area contributed by atoms with Crippen LogP contribution in [0.2, 0.25) is 0 Å². The fourth-order valence-corrected chi connectivity index (χ4v) is 5.91. The lowest BCUT2D eigenvalue weighted by Gasteiger charge is -2.42. The number of benzene rings is 1. The average molecular weight is 455 g/mol. The molecule has 0 radical (unpaired) electrons. The summed E-state index contributed by atoms with van der Waals surface area (Å²) in [6, 6.07) is 11.0. The smallest absolute Gasteiger partial charge is 0.101 e. The molecule has 0 saturated carbocycles. The van der Waals surface area contributed by atoms with E-state index in [9.17, 15) is 5.26 Å². The first-order valence-corrected chi connectivity index (χ1v) is 12.1. The van der Waals surface area contributed by atoms with E-state index in [1.165, 1.54) is 22.5 Å². The maximum atomic E-state index is 9.53. The lowest BCUT2D eigenvalue weighted by molar-refractivity contribution is 0.0995. The van der Waals surface area contributed by atoms with E-state index in [-0.39, 0.29) is 6.10 Å². The molecule has 7 heteroatoms. The van der Waals surface area contributed by atoms with Crippen LogP contribution in [0.3, 0.4) is 0 Å². The van der Waals surface area contributed by atoms with Gasteiger partial charge in [-0.25, -0.2) is 0 Å². The SMILES string of the molecule is CO[C@H]1CNC[C@H]1NC1=CCC2=C3CN(c4ccc(C#N)c5ncccc45)C[C@@H](C)N3CC2=C1. The van der Waals surface area contributed by atoms with E-state index in [2.05, 4.69) is 62.7 Å². The van der Waals surface area contributed by atoms with Crippen molar-refractivity contribution in [3.8, 4) is 6.07 Å². The summed E-state index contributed by atoms with van der Waals surface area (Å²) in [6.45, 7) is 6.94.